The van der Waals surface area contributed by atoms with Crippen LogP contribution in [0.25, 0.3) is 11.0 Å². The zero-order chi connectivity index (χ0) is 17.1. The first-order valence-corrected chi connectivity index (χ1v) is 6.85. The number of hydrogen-bond acceptors (Lipinski definition) is 7. The predicted octanol–water partition coefficient (Wildman–Crippen LogP) is 2.00. The molecule has 0 saturated heterocycles. The minimum absolute atomic E-state index is 0.0321. The van der Waals surface area contributed by atoms with Crippen molar-refractivity contribution in [2.75, 3.05) is 12.5 Å². The van der Waals surface area contributed by atoms with Crippen LogP contribution in [0.15, 0.2) is 41.5 Å². The van der Waals surface area contributed by atoms with E-state index in [0.29, 0.717) is 5.95 Å². The normalized spacial score (nSPS) is 11.0. The molecule has 122 valence electrons. The molecule has 9 nitrogen and oxygen atoms in total. The number of H-pyrrole nitrogens is 1. The number of hydrogen-bond donors (Lipinski definition) is 2. The summed E-state index contributed by atoms with van der Waals surface area (Å²) in [6, 6.07) is 9.63. The summed E-state index contributed by atoms with van der Waals surface area (Å²) in [6.45, 7) is 0. The van der Waals surface area contributed by atoms with Crippen molar-refractivity contribution in [1.82, 2.24) is 9.97 Å². The number of ether oxygens (including phenoxy) is 1. The third-order valence-electron chi connectivity index (χ3n) is 3.26. The van der Waals surface area contributed by atoms with Crippen LogP contribution in [0, 0.1) is 10.1 Å². The number of nitro benzene ring substituents is 1. The van der Waals surface area contributed by atoms with E-state index in [4.69, 9.17) is 4.74 Å². The zero-order valence-corrected chi connectivity index (χ0v) is 12.5. The van der Waals surface area contributed by atoms with E-state index in [9.17, 15) is 15.2 Å². The second-order valence-corrected chi connectivity index (χ2v) is 4.80. The lowest BCUT2D eigenvalue weighted by atomic mass is 10.2. The van der Waals surface area contributed by atoms with Crippen LogP contribution in [-0.2, 0) is 0 Å². The highest BCUT2D eigenvalue weighted by molar-refractivity contribution is 5.86. The smallest absolute Gasteiger partial charge is 0.273 e. The average molecular weight is 326 g/mol. The van der Waals surface area contributed by atoms with Gasteiger partial charge in [0.15, 0.2) is 0 Å². The Labute approximate surface area is 135 Å². The van der Waals surface area contributed by atoms with Crippen LogP contribution in [-0.4, -0.2) is 28.2 Å². The fourth-order valence-corrected chi connectivity index (χ4v) is 2.13. The van der Waals surface area contributed by atoms with Gasteiger partial charge < -0.3 is 14.8 Å². The Hall–Kier alpha value is -3.62. The van der Waals surface area contributed by atoms with Gasteiger partial charge in [-0.1, -0.05) is 17.9 Å². The van der Waals surface area contributed by atoms with Gasteiger partial charge in [0.1, 0.15) is 5.75 Å². The van der Waals surface area contributed by atoms with Gasteiger partial charge in [-0.3, -0.25) is 10.1 Å². The molecule has 0 aliphatic rings. The Morgan fingerprint density at radius 2 is 2.17 bits per heavy atom. The number of aromatic amines is 1. The van der Waals surface area contributed by atoms with Crippen molar-refractivity contribution in [2.45, 2.75) is 0 Å². The number of methoxy groups -OCH3 is 1. The number of benzene rings is 2. The first-order chi connectivity index (χ1) is 11.6. The van der Waals surface area contributed by atoms with Crippen LogP contribution in [0.2, 0.25) is 0 Å². The maximum Gasteiger partial charge on any atom is 0.273 e. The Morgan fingerprint density at radius 3 is 2.88 bits per heavy atom. The van der Waals surface area contributed by atoms with E-state index >= 15 is 0 Å². The Morgan fingerprint density at radius 1 is 1.38 bits per heavy atom. The molecule has 3 aromatic rings. The summed E-state index contributed by atoms with van der Waals surface area (Å²) in [6.07, 6.45) is 1.19. The van der Waals surface area contributed by atoms with Crippen LogP contribution in [0.1, 0.15) is 5.56 Å². The lowest BCUT2D eigenvalue weighted by Crippen LogP contribution is -2.03. The van der Waals surface area contributed by atoms with Crippen molar-refractivity contribution in [1.29, 1.82) is 0 Å². The van der Waals surface area contributed by atoms with Crippen LogP contribution >= 0.6 is 0 Å². The van der Waals surface area contributed by atoms with Gasteiger partial charge in [-0.05, 0) is 17.7 Å². The number of non-ortho nitro benzene ring substituents is 1. The highest BCUT2D eigenvalue weighted by atomic mass is 16.6. The molecule has 2 aromatic carbocycles. The molecule has 0 unspecified atom stereocenters. The molecule has 0 aliphatic carbocycles. The lowest BCUT2D eigenvalue weighted by Gasteiger charge is -2.14. The number of fused-ring (bicyclic) bond motifs is 1. The molecule has 0 aliphatic heterocycles. The topological polar surface area (TPSA) is 128 Å². The van der Waals surface area contributed by atoms with Gasteiger partial charge in [0.05, 0.1) is 35.3 Å². The number of rotatable bonds is 5. The number of anilines is 1. The van der Waals surface area contributed by atoms with Crippen LogP contribution in [0.3, 0.4) is 0 Å². The van der Waals surface area contributed by atoms with Crippen LogP contribution in [0.5, 0.6) is 11.5 Å². The van der Waals surface area contributed by atoms with Crippen molar-refractivity contribution in [2.24, 2.45) is 5.10 Å². The summed E-state index contributed by atoms with van der Waals surface area (Å²) in [5, 5.41) is 26.9. The van der Waals surface area contributed by atoms with E-state index in [1.165, 1.54) is 13.3 Å². The molecule has 1 aromatic heterocycles. The number of nitrogens with one attached hydrogen (secondary N) is 2. The van der Waals surface area contributed by atoms with Gasteiger partial charge in [-0.25, -0.2) is 10.4 Å². The van der Waals surface area contributed by atoms with Gasteiger partial charge in [0.2, 0.25) is 5.95 Å². The van der Waals surface area contributed by atoms with Crippen LogP contribution in [0.4, 0.5) is 11.6 Å². The van der Waals surface area contributed by atoms with Gasteiger partial charge in [0.25, 0.3) is 5.69 Å². The number of aromatic nitrogens is 2. The molecular weight excluding hydrogens is 314 g/mol. The zero-order valence-electron chi connectivity index (χ0n) is 12.5. The lowest BCUT2D eigenvalue weighted by molar-refractivity contribution is -0.385. The number of nitrogens with zero attached hydrogens (tertiary/aromatic N) is 3. The molecule has 0 saturated carbocycles. The highest BCUT2D eigenvalue weighted by Crippen LogP contribution is 2.31. The number of imidazole rings is 1. The minimum atomic E-state index is -0.605. The first-order valence-electron chi connectivity index (χ1n) is 6.85. The van der Waals surface area contributed by atoms with Gasteiger partial charge in [-0.15, -0.1) is 0 Å². The molecule has 1 heterocycles. The van der Waals surface area contributed by atoms with Crippen LogP contribution < -0.4 is 15.3 Å². The second kappa shape index (κ2) is 6.24. The quantitative estimate of drug-likeness (QED) is 0.419. The summed E-state index contributed by atoms with van der Waals surface area (Å²) in [5.41, 5.74) is 4.02. The minimum Gasteiger partial charge on any atom is -0.870 e. The maximum absolute atomic E-state index is 12.1. The standard InChI is InChI=1S/C15H13N5O4/c1-24-13-7-10(20(22)23)6-9(14(13)21)8-16-19-15-17-11-4-2-3-5-12(11)18-15/h2-8,21H,1H3,(H2,17,18,19)/p-1/b16-8-. The number of nitro groups is 1. The maximum atomic E-state index is 12.1. The van der Waals surface area contributed by atoms with Crippen molar-refractivity contribution >= 4 is 28.9 Å². The summed E-state index contributed by atoms with van der Waals surface area (Å²) in [5.74, 6) is -0.218. The first kappa shape index (κ1) is 15.3. The monoisotopic (exact) mass is 326 g/mol. The van der Waals surface area contributed by atoms with Gasteiger partial charge >= 0.3 is 0 Å². The predicted molar refractivity (Wildman–Crippen MR) is 86.4 cm³/mol. The Bertz CT molecular complexity index is 902. The molecular formula is C15H12N5O4-. The van der Waals surface area contributed by atoms with E-state index in [0.717, 1.165) is 23.2 Å². The van der Waals surface area contributed by atoms with Gasteiger partial charge in [0, 0.05) is 6.07 Å². The molecule has 0 fully saturated rings. The Balaban J connectivity index is 1.85. The molecule has 2 N–H and O–H groups in total. The van der Waals surface area contributed by atoms with E-state index in [1.54, 1.807) is 0 Å². The Kier molecular flexibility index (Phi) is 3.98. The third kappa shape index (κ3) is 2.95. The summed E-state index contributed by atoms with van der Waals surface area (Å²) in [4.78, 5) is 17.6. The van der Waals surface area contributed by atoms with Crippen molar-refractivity contribution in [3.63, 3.8) is 0 Å². The fourth-order valence-electron chi connectivity index (χ4n) is 2.13. The molecule has 9 heteroatoms. The molecule has 3 rings (SSSR count). The summed E-state index contributed by atoms with van der Waals surface area (Å²) < 4.78 is 4.86. The fraction of sp³-hybridized carbons (Fsp3) is 0.0667. The average Bonchev–Trinajstić information content (AvgIpc) is 2.98. The van der Waals surface area contributed by atoms with E-state index in [-0.39, 0.29) is 17.0 Å². The third-order valence-corrected chi connectivity index (χ3v) is 3.26. The van der Waals surface area contributed by atoms with Gasteiger partial charge in [-0.2, -0.15) is 5.10 Å². The molecule has 0 amide bonds. The highest BCUT2D eigenvalue weighted by Gasteiger charge is 2.11. The molecule has 24 heavy (non-hydrogen) atoms. The molecule has 0 atom stereocenters. The summed E-state index contributed by atoms with van der Waals surface area (Å²) >= 11 is 0. The molecule has 0 bridgehead atoms. The largest absolute Gasteiger partial charge is 0.870 e. The van der Waals surface area contributed by atoms with E-state index in [2.05, 4.69) is 20.5 Å². The van der Waals surface area contributed by atoms with E-state index in [1.807, 2.05) is 24.3 Å². The molecule has 0 spiro atoms. The van der Waals surface area contributed by atoms with Crippen molar-refractivity contribution < 1.29 is 14.8 Å². The SMILES string of the molecule is COc1cc([N+](=O)[O-])cc(/C=N\Nc2nc3ccccc3[nH]2)c1[O-]. The number of hydrazone groups is 1. The second-order valence-electron chi connectivity index (χ2n) is 4.80. The van der Waals surface area contributed by atoms with Crippen molar-refractivity contribution in [3.8, 4) is 11.5 Å². The number of para-hydroxylation sites is 2. The van der Waals surface area contributed by atoms with Crippen molar-refractivity contribution in [3.05, 3.63) is 52.1 Å². The molecule has 0 radical (unpaired) electrons. The summed E-state index contributed by atoms with van der Waals surface area (Å²) in [7, 11) is 1.27. The van der Waals surface area contributed by atoms with E-state index < -0.39 is 10.7 Å².